The van der Waals surface area contributed by atoms with E-state index in [4.69, 9.17) is 16.9 Å². The number of hydrogen-bond acceptors (Lipinski definition) is 8. The summed E-state index contributed by atoms with van der Waals surface area (Å²) in [5.41, 5.74) is 15.8. The molecule has 0 bridgehead atoms. The molecule has 2 atom stereocenters. The number of benzene rings is 2. The number of hydrogen-bond donors (Lipinski definition) is 6. The van der Waals surface area contributed by atoms with E-state index in [1.165, 1.54) is 17.5 Å². The third kappa shape index (κ3) is 14.7. The van der Waals surface area contributed by atoms with Crippen molar-refractivity contribution in [2.45, 2.75) is 57.3 Å². The lowest BCUT2D eigenvalue weighted by Gasteiger charge is -2.21. The molecule has 8 N–H and O–H groups in total. The molecule has 1 aliphatic carbocycles. The fourth-order valence-electron chi connectivity index (χ4n) is 4.52. The van der Waals surface area contributed by atoms with E-state index in [-0.39, 0.29) is 30.5 Å². The number of amidine groups is 1. The predicted molar refractivity (Wildman–Crippen MR) is 194 cm³/mol. The number of carbonyl (C=O) groups is 3. The van der Waals surface area contributed by atoms with Crippen LogP contribution in [0, 0.1) is 5.41 Å². The smallest absolute Gasteiger partial charge is 0.238 e. The first kappa shape index (κ1) is 37.6. The van der Waals surface area contributed by atoms with Crippen molar-refractivity contribution in [2.24, 2.45) is 11.5 Å². The quantitative estimate of drug-likeness (QED) is 0.0535. The van der Waals surface area contributed by atoms with Crippen molar-refractivity contribution in [3.8, 4) is 0 Å². The summed E-state index contributed by atoms with van der Waals surface area (Å²) < 4.78 is 3.30. The van der Waals surface area contributed by atoms with Crippen LogP contribution in [-0.4, -0.2) is 46.8 Å². The van der Waals surface area contributed by atoms with E-state index in [0.717, 1.165) is 34.4 Å². The van der Waals surface area contributed by atoms with Crippen LogP contribution in [0.2, 0.25) is 0 Å². The Hall–Kier alpha value is -4.84. The summed E-state index contributed by atoms with van der Waals surface area (Å²) in [6, 6.07) is 19.6. The Labute approximate surface area is 287 Å². The Kier molecular flexibility index (Phi) is 17.1. The number of aryl methyl sites for hydroxylation is 1. The zero-order valence-electron chi connectivity index (χ0n) is 27.0. The minimum atomic E-state index is -0.731. The molecule has 0 spiro atoms. The van der Waals surface area contributed by atoms with Crippen LogP contribution in [0.25, 0.3) is 0 Å². The standard InChI is InChI=1S/C29H34N4O3S.C8H11N3/c34-21-26(13-15-28(35)31-20-24-8-6-3-7-9-24)32-29(36)27(14-12-23-16-18-30-19-17-23)33-37-22-25-10-4-1-2-5-11-25;9-5-6-1-3-7(4-2-6)8(10)11/h1-10,16-19,21,26-27,33H,11-15,20,22H2,(H,31,35)(H,32,36);1-4H,5,9H2,(H3,10,11). The second-order valence-corrected chi connectivity index (χ2v) is 11.9. The van der Waals surface area contributed by atoms with E-state index in [9.17, 15) is 14.4 Å². The van der Waals surface area contributed by atoms with E-state index in [2.05, 4.69) is 32.5 Å². The molecule has 0 saturated carbocycles. The van der Waals surface area contributed by atoms with Crippen LogP contribution in [0.15, 0.2) is 115 Å². The molecular formula is C37H45N7O3S. The lowest BCUT2D eigenvalue weighted by atomic mass is 10.1. The van der Waals surface area contributed by atoms with Gasteiger partial charge in [0.2, 0.25) is 11.8 Å². The zero-order valence-corrected chi connectivity index (χ0v) is 27.8. The van der Waals surface area contributed by atoms with Gasteiger partial charge in [-0.05, 0) is 54.5 Å². The highest BCUT2D eigenvalue weighted by molar-refractivity contribution is 7.97. The highest BCUT2D eigenvalue weighted by Crippen LogP contribution is 2.15. The Bertz CT molecular complexity index is 1530. The largest absolute Gasteiger partial charge is 0.384 e. The van der Waals surface area contributed by atoms with Gasteiger partial charge in [-0.2, -0.15) is 0 Å². The van der Waals surface area contributed by atoms with Crippen molar-refractivity contribution in [3.63, 3.8) is 0 Å². The number of allylic oxidation sites excluding steroid dienone is 5. The number of amides is 2. The maximum absolute atomic E-state index is 13.1. The zero-order chi connectivity index (χ0) is 34.4. The van der Waals surface area contributed by atoms with E-state index in [0.29, 0.717) is 32.2 Å². The number of nitrogens with two attached hydrogens (primary N) is 2. The minimum Gasteiger partial charge on any atom is -0.384 e. The molecule has 252 valence electrons. The Morgan fingerprint density at radius 2 is 1.69 bits per heavy atom. The van der Waals surface area contributed by atoms with Crippen LogP contribution < -0.4 is 26.8 Å². The lowest BCUT2D eigenvalue weighted by Crippen LogP contribution is -2.47. The normalized spacial score (nSPS) is 13.1. The number of carbonyl (C=O) groups excluding carboxylic acids is 3. The van der Waals surface area contributed by atoms with Crippen LogP contribution in [0.5, 0.6) is 0 Å². The van der Waals surface area contributed by atoms with Gasteiger partial charge in [0.25, 0.3) is 0 Å². The van der Waals surface area contributed by atoms with Crippen LogP contribution >= 0.6 is 11.9 Å². The van der Waals surface area contributed by atoms with Gasteiger partial charge in [0, 0.05) is 43.2 Å². The maximum atomic E-state index is 13.1. The molecule has 3 aromatic rings. The molecule has 11 heteroatoms. The third-order valence-electron chi connectivity index (χ3n) is 7.35. The van der Waals surface area contributed by atoms with Gasteiger partial charge in [-0.15, -0.1) is 0 Å². The first-order valence-electron chi connectivity index (χ1n) is 15.8. The molecule has 2 amide bonds. The lowest BCUT2D eigenvalue weighted by molar-refractivity contribution is -0.126. The first-order chi connectivity index (χ1) is 23.4. The molecule has 1 aliphatic rings. The van der Waals surface area contributed by atoms with Crippen molar-refractivity contribution in [1.29, 1.82) is 5.41 Å². The van der Waals surface area contributed by atoms with Crippen molar-refractivity contribution in [3.05, 3.63) is 137 Å². The number of nitrogen functional groups attached to an aromatic ring is 1. The number of pyridine rings is 1. The summed E-state index contributed by atoms with van der Waals surface area (Å²) >= 11 is 1.49. The molecule has 2 aromatic carbocycles. The van der Waals surface area contributed by atoms with Crippen molar-refractivity contribution in [1.82, 2.24) is 20.3 Å². The minimum absolute atomic E-state index is 0.0913. The summed E-state index contributed by atoms with van der Waals surface area (Å²) in [6.45, 7) is 0.955. The molecule has 1 heterocycles. The molecule has 0 saturated heterocycles. The average molecular weight is 668 g/mol. The van der Waals surface area contributed by atoms with Crippen molar-refractivity contribution in [2.75, 3.05) is 5.75 Å². The van der Waals surface area contributed by atoms with Gasteiger partial charge in [-0.3, -0.25) is 24.7 Å². The Morgan fingerprint density at radius 1 is 0.938 bits per heavy atom. The highest BCUT2D eigenvalue weighted by Gasteiger charge is 2.22. The summed E-state index contributed by atoms with van der Waals surface area (Å²) in [6.07, 6.45) is 16.9. The van der Waals surface area contributed by atoms with E-state index >= 15 is 0 Å². The third-order valence-corrected chi connectivity index (χ3v) is 8.31. The number of aromatic nitrogens is 1. The molecule has 0 fully saturated rings. The van der Waals surface area contributed by atoms with E-state index in [1.54, 1.807) is 24.5 Å². The molecule has 4 rings (SSSR count). The van der Waals surface area contributed by atoms with Crippen molar-refractivity contribution >= 4 is 35.9 Å². The Balaban J connectivity index is 0.000000480. The molecule has 48 heavy (non-hydrogen) atoms. The molecule has 2 unspecified atom stereocenters. The summed E-state index contributed by atoms with van der Waals surface area (Å²) in [5.74, 6) is 0.422. The molecule has 1 aromatic heterocycles. The summed E-state index contributed by atoms with van der Waals surface area (Å²) in [5, 5.41) is 12.8. The van der Waals surface area contributed by atoms with Gasteiger partial charge >= 0.3 is 0 Å². The number of nitrogens with zero attached hydrogens (tertiary/aromatic N) is 1. The van der Waals surface area contributed by atoms with Gasteiger partial charge in [0.1, 0.15) is 12.1 Å². The summed E-state index contributed by atoms with van der Waals surface area (Å²) in [4.78, 5) is 41.1. The monoisotopic (exact) mass is 667 g/mol. The predicted octanol–water partition coefficient (Wildman–Crippen LogP) is 4.27. The second-order valence-electron chi connectivity index (χ2n) is 11.1. The van der Waals surface area contributed by atoms with Crippen LogP contribution in [0.3, 0.4) is 0 Å². The van der Waals surface area contributed by atoms with Gasteiger partial charge < -0.3 is 26.9 Å². The topological polar surface area (TPSA) is 176 Å². The van der Waals surface area contributed by atoms with Gasteiger partial charge in [0.05, 0.1) is 12.1 Å². The average Bonchev–Trinajstić information content (AvgIpc) is 3.40. The van der Waals surface area contributed by atoms with Gasteiger partial charge in [-0.25, -0.2) is 0 Å². The molecular weight excluding hydrogens is 623 g/mol. The van der Waals surface area contributed by atoms with Crippen molar-refractivity contribution < 1.29 is 14.4 Å². The number of nitrogens with one attached hydrogen (secondary N) is 4. The van der Waals surface area contributed by atoms with Gasteiger partial charge in [0.15, 0.2) is 0 Å². The van der Waals surface area contributed by atoms with Gasteiger partial charge in [-0.1, -0.05) is 102 Å². The second kappa shape index (κ2) is 21.9. The summed E-state index contributed by atoms with van der Waals surface area (Å²) in [7, 11) is 0. The Morgan fingerprint density at radius 3 is 2.38 bits per heavy atom. The number of rotatable bonds is 17. The first-order valence-corrected chi connectivity index (χ1v) is 16.8. The fourth-order valence-corrected chi connectivity index (χ4v) is 5.43. The van der Waals surface area contributed by atoms with Crippen LogP contribution in [0.1, 0.15) is 47.9 Å². The molecule has 0 aliphatic heterocycles. The number of aldehydes is 1. The fraction of sp³-hybridized carbons (Fsp3) is 0.270. The van der Waals surface area contributed by atoms with Crippen LogP contribution in [-0.2, 0) is 33.9 Å². The highest BCUT2D eigenvalue weighted by atomic mass is 32.2. The van der Waals surface area contributed by atoms with Crippen LogP contribution in [0.4, 0.5) is 0 Å². The van der Waals surface area contributed by atoms with E-state index in [1.807, 2.05) is 72.8 Å². The molecule has 0 radical (unpaired) electrons. The maximum Gasteiger partial charge on any atom is 0.238 e. The SMILES string of the molecule is N=C(N)c1ccc(CN)cc1.O=CC(CCC(=O)NCc1ccccc1)NC(=O)C(CCc1ccncc1)NSCC1=CC=CC=CC1. The molecule has 10 nitrogen and oxygen atoms in total. The van der Waals surface area contributed by atoms with E-state index < -0.39 is 12.1 Å².